The lowest BCUT2D eigenvalue weighted by atomic mass is 9.97. The number of likely N-dealkylation sites (tertiary alicyclic amines) is 1. The number of benzene rings is 1. The summed E-state index contributed by atoms with van der Waals surface area (Å²) in [6.45, 7) is 6.43. The average Bonchev–Trinajstić information content (AvgIpc) is 3.37. The van der Waals surface area contributed by atoms with Gasteiger partial charge in [0.1, 0.15) is 23.9 Å². The van der Waals surface area contributed by atoms with E-state index in [1.165, 1.54) is 4.90 Å². The molecule has 2 rings (SSSR count). The molecule has 194 valence electrons. The second-order valence-corrected chi connectivity index (χ2v) is 9.39. The molecular formula is C25H37N3O6S. The molecule has 1 saturated heterocycles. The second kappa shape index (κ2) is 14.1. The van der Waals surface area contributed by atoms with Gasteiger partial charge in [0.25, 0.3) is 5.91 Å². The molecule has 1 aromatic carbocycles. The minimum Gasteiger partial charge on any atom is -0.459 e. The van der Waals surface area contributed by atoms with Crippen LogP contribution in [0, 0.1) is 5.92 Å². The van der Waals surface area contributed by atoms with Crippen molar-refractivity contribution in [3.05, 3.63) is 35.9 Å². The second-order valence-electron chi connectivity index (χ2n) is 8.84. The zero-order valence-corrected chi connectivity index (χ0v) is 21.5. The van der Waals surface area contributed by atoms with Gasteiger partial charge in [-0.15, -0.1) is 0 Å². The van der Waals surface area contributed by atoms with Gasteiger partial charge >= 0.3 is 5.97 Å². The minimum atomic E-state index is -1.74. The summed E-state index contributed by atoms with van der Waals surface area (Å²) in [7, 11) is 0. The predicted molar refractivity (Wildman–Crippen MR) is 134 cm³/mol. The third-order valence-corrected chi connectivity index (χ3v) is 6.71. The number of esters is 1. The van der Waals surface area contributed by atoms with Crippen molar-refractivity contribution in [2.75, 3.05) is 13.1 Å². The number of hydrogen-bond donors (Lipinski definition) is 4. The van der Waals surface area contributed by atoms with Crippen LogP contribution in [0.2, 0.25) is 0 Å². The fourth-order valence-corrected chi connectivity index (χ4v) is 4.07. The van der Waals surface area contributed by atoms with E-state index in [1.807, 2.05) is 44.2 Å². The van der Waals surface area contributed by atoms with Crippen LogP contribution in [-0.4, -0.2) is 70.2 Å². The molecule has 9 nitrogen and oxygen atoms in total. The fourth-order valence-electron chi connectivity index (χ4n) is 3.84. The van der Waals surface area contributed by atoms with E-state index in [4.69, 9.17) is 4.74 Å². The Morgan fingerprint density at radius 2 is 1.86 bits per heavy atom. The molecule has 0 saturated carbocycles. The molecule has 1 aromatic rings. The maximum Gasteiger partial charge on any atom is 0.329 e. The van der Waals surface area contributed by atoms with Gasteiger partial charge in [-0.3, -0.25) is 14.4 Å². The highest BCUT2D eigenvalue weighted by Gasteiger charge is 2.41. The Balaban J connectivity index is 2.06. The number of hydrogen-bond acceptors (Lipinski definition) is 7. The van der Waals surface area contributed by atoms with Crippen molar-refractivity contribution in [1.29, 1.82) is 0 Å². The Hall–Kier alpha value is -2.59. The molecule has 0 bridgehead atoms. The maximum atomic E-state index is 13.5. The molecule has 0 radical (unpaired) electrons. The fraction of sp³-hybridized carbons (Fsp3) is 0.600. The van der Waals surface area contributed by atoms with Gasteiger partial charge in [-0.2, -0.15) is 12.6 Å². The molecule has 5 atom stereocenters. The van der Waals surface area contributed by atoms with Crippen molar-refractivity contribution in [1.82, 2.24) is 15.5 Å². The predicted octanol–water partition coefficient (Wildman–Crippen LogP) is 1.44. The minimum absolute atomic E-state index is 0.110. The van der Waals surface area contributed by atoms with Crippen molar-refractivity contribution in [2.24, 2.45) is 5.92 Å². The van der Waals surface area contributed by atoms with Crippen molar-refractivity contribution >= 4 is 36.3 Å². The highest BCUT2D eigenvalue weighted by molar-refractivity contribution is 7.81. The van der Waals surface area contributed by atoms with Crippen molar-refractivity contribution in [2.45, 2.75) is 76.5 Å². The first kappa shape index (κ1) is 28.6. The number of nitrogens with one attached hydrogen (secondary N) is 2. The number of aliphatic hydroxyl groups excluding tert-OH is 1. The number of nitrogens with zero attached hydrogens (tertiary/aromatic N) is 1. The molecule has 0 aromatic heterocycles. The van der Waals surface area contributed by atoms with E-state index in [0.717, 1.165) is 5.56 Å². The summed E-state index contributed by atoms with van der Waals surface area (Å²) < 4.78 is 5.45. The molecule has 10 heteroatoms. The van der Waals surface area contributed by atoms with E-state index in [2.05, 4.69) is 23.3 Å². The average molecular weight is 508 g/mol. The van der Waals surface area contributed by atoms with Gasteiger partial charge in [0.05, 0.1) is 0 Å². The number of aliphatic hydroxyl groups is 1. The quantitative estimate of drug-likeness (QED) is 0.251. The number of ether oxygens (including phenoxy) is 1. The SMILES string of the molecule is CCCNC(=O)[C@H](S)[C@H](O)C(=O)N[C@H](C(=O)N1CCC[C@H]1C(=O)OCc1ccccc1)[C@@H](C)CC. The largest absolute Gasteiger partial charge is 0.459 e. The summed E-state index contributed by atoms with van der Waals surface area (Å²) in [5.74, 6) is -2.60. The van der Waals surface area contributed by atoms with Crippen LogP contribution in [0.15, 0.2) is 30.3 Å². The van der Waals surface area contributed by atoms with Gasteiger partial charge in [-0.05, 0) is 30.7 Å². The molecule has 0 spiro atoms. The first-order valence-corrected chi connectivity index (χ1v) is 12.7. The molecule has 1 heterocycles. The van der Waals surface area contributed by atoms with Gasteiger partial charge in [0.2, 0.25) is 11.8 Å². The van der Waals surface area contributed by atoms with Crippen LogP contribution in [-0.2, 0) is 30.5 Å². The summed E-state index contributed by atoms with van der Waals surface area (Å²) in [5.41, 5.74) is 0.847. The van der Waals surface area contributed by atoms with Gasteiger partial charge in [-0.1, -0.05) is 57.5 Å². The van der Waals surface area contributed by atoms with E-state index in [1.54, 1.807) is 6.92 Å². The first-order valence-electron chi connectivity index (χ1n) is 12.2. The molecule has 1 aliphatic heterocycles. The van der Waals surface area contributed by atoms with Gasteiger partial charge in [0, 0.05) is 13.1 Å². The molecule has 1 fully saturated rings. The number of carbonyl (C=O) groups excluding carboxylic acids is 4. The van der Waals surface area contributed by atoms with Crippen LogP contribution in [0.4, 0.5) is 0 Å². The smallest absolute Gasteiger partial charge is 0.329 e. The molecule has 0 unspecified atom stereocenters. The van der Waals surface area contributed by atoms with Crippen molar-refractivity contribution in [3.63, 3.8) is 0 Å². The molecule has 3 N–H and O–H groups in total. The highest BCUT2D eigenvalue weighted by Crippen LogP contribution is 2.23. The topological polar surface area (TPSA) is 125 Å². The van der Waals surface area contributed by atoms with Crippen molar-refractivity contribution in [3.8, 4) is 0 Å². The summed E-state index contributed by atoms with van der Waals surface area (Å²) in [6.07, 6.45) is 0.644. The van der Waals surface area contributed by atoms with Crippen LogP contribution in [0.3, 0.4) is 0 Å². The Bertz CT molecular complexity index is 868. The number of carbonyl (C=O) groups is 4. The Kier molecular flexibility index (Phi) is 11.5. The third-order valence-electron chi connectivity index (χ3n) is 6.19. The van der Waals surface area contributed by atoms with Crippen LogP contribution in [0.25, 0.3) is 0 Å². The van der Waals surface area contributed by atoms with Crippen LogP contribution < -0.4 is 10.6 Å². The lowest BCUT2D eigenvalue weighted by Gasteiger charge is -2.31. The van der Waals surface area contributed by atoms with E-state index in [-0.39, 0.29) is 12.5 Å². The number of rotatable bonds is 12. The van der Waals surface area contributed by atoms with Crippen LogP contribution in [0.1, 0.15) is 52.0 Å². The normalized spacial score (nSPS) is 18.8. The third kappa shape index (κ3) is 7.96. The monoisotopic (exact) mass is 507 g/mol. The van der Waals surface area contributed by atoms with E-state index >= 15 is 0 Å². The maximum absolute atomic E-state index is 13.5. The zero-order chi connectivity index (χ0) is 26.0. The first-order chi connectivity index (χ1) is 16.7. The molecule has 3 amide bonds. The van der Waals surface area contributed by atoms with Gasteiger partial charge in [0.15, 0.2) is 6.10 Å². The van der Waals surface area contributed by atoms with Crippen LogP contribution in [0.5, 0.6) is 0 Å². The standard InChI is InChI=1S/C25H37N3O6S/c1-4-13-26-23(31)21(35)20(29)22(30)27-19(16(3)5-2)24(32)28-14-9-12-18(28)25(33)34-15-17-10-7-6-8-11-17/h6-8,10-11,16,18-21,29,35H,4-5,9,12-15H2,1-3H3,(H,26,31)(H,27,30)/t16-,18-,19-,20-,21+/m0/s1. The van der Waals surface area contributed by atoms with Crippen molar-refractivity contribution < 1.29 is 29.0 Å². The zero-order valence-electron chi connectivity index (χ0n) is 20.6. The molecule has 35 heavy (non-hydrogen) atoms. The number of amides is 3. The molecule has 0 aliphatic carbocycles. The van der Waals surface area contributed by atoms with E-state index in [9.17, 15) is 24.3 Å². The van der Waals surface area contributed by atoms with Crippen LogP contribution >= 0.6 is 12.6 Å². The Morgan fingerprint density at radius 1 is 1.17 bits per heavy atom. The summed E-state index contributed by atoms with van der Waals surface area (Å²) in [6, 6.07) is 7.57. The summed E-state index contributed by atoms with van der Waals surface area (Å²) in [4.78, 5) is 52.5. The highest BCUT2D eigenvalue weighted by atomic mass is 32.1. The van der Waals surface area contributed by atoms with E-state index < -0.39 is 47.1 Å². The van der Waals surface area contributed by atoms with Gasteiger partial charge < -0.3 is 25.4 Å². The summed E-state index contributed by atoms with van der Waals surface area (Å²) >= 11 is 4.08. The van der Waals surface area contributed by atoms with Gasteiger partial charge in [-0.25, -0.2) is 4.79 Å². The number of thiol groups is 1. The summed E-state index contributed by atoms with van der Waals surface area (Å²) in [5, 5.41) is 14.3. The molecular weight excluding hydrogens is 470 g/mol. The lowest BCUT2D eigenvalue weighted by molar-refractivity contribution is -0.155. The molecule has 1 aliphatic rings. The Morgan fingerprint density at radius 3 is 2.49 bits per heavy atom. The Labute approximate surface area is 212 Å². The lowest BCUT2D eigenvalue weighted by Crippen LogP contribution is -2.57. The van der Waals surface area contributed by atoms with E-state index in [0.29, 0.717) is 38.8 Å².